The zero-order valence-corrected chi connectivity index (χ0v) is 19.2. The number of ether oxygens (including phenoxy) is 3. The maximum Gasteiger partial charge on any atom is 0.349 e. The molecule has 0 saturated carbocycles. The van der Waals surface area contributed by atoms with Gasteiger partial charge in [-0.25, -0.2) is 9.78 Å². The summed E-state index contributed by atoms with van der Waals surface area (Å²) in [5.41, 5.74) is 0.927. The maximum atomic E-state index is 13.0. The Bertz CT molecular complexity index is 1350. The highest BCUT2D eigenvalue weighted by Gasteiger charge is 2.21. The van der Waals surface area contributed by atoms with Crippen molar-refractivity contribution in [2.75, 3.05) is 13.2 Å². The zero-order chi connectivity index (χ0) is 23.9. The third kappa shape index (κ3) is 5.49. The molecule has 2 aromatic carbocycles. The number of thiophene rings is 1. The lowest BCUT2D eigenvalue weighted by atomic mass is 10.2. The molecule has 0 unspecified atom stereocenters. The summed E-state index contributed by atoms with van der Waals surface area (Å²) in [4.78, 5) is 42.7. The van der Waals surface area contributed by atoms with Gasteiger partial charge in [-0.1, -0.05) is 48.5 Å². The number of hydrogen-bond donors (Lipinski definition) is 0. The van der Waals surface area contributed by atoms with E-state index in [0.29, 0.717) is 26.4 Å². The molecule has 0 aliphatic heterocycles. The Labute approximate surface area is 199 Å². The largest absolute Gasteiger partial charge is 0.490 e. The summed E-state index contributed by atoms with van der Waals surface area (Å²) in [6, 6.07) is 18.5. The van der Waals surface area contributed by atoms with Gasteiger partial charge in [0, 0.05) is 0 Å². The molecule has 0 atom stereocenters. The first-order valence-corrected chi connectivity index (χ1v) is 11.4. The van der Waals surface area contributed by atoms with Crippen LogP contribution in [-0.2, 0) is 27.4 Å². The van der Waals surface area contributed by atoms with Crippen LogP contribution in [0.1, 0.15) is 20.8 Å². The van der Waals surface area contributed by atoms with Gasteiger partial charge in [0.1, 0.15) is 41.8 Å². The van der Waals surface area contributed by atoms with E-state index in [9.17, 15) is 14.4 Å². The van der Waals surface area contributed by atoms with Crippen LogP contribution < -0.4 is 10.3 Å². The van der Waals surface area contributed by atoms with Crippen LogP contribution >= 0.6 is 11.3 Å². The molecule has 9 heteroatoms. The van der Waals surface area contributed by atoms with Crippen molar-refractivity contribution in [2.45, 2.75) is 20.1 Å². The zero-order valence-electron chi connectivity index (χ0n) is 18.4. The number of esters is 2. The molecule has 0 aliphatic rings. The van der Waals surface area contributed by atoms with Gasteiger partial charge in [-0.05, 0) is 30.2 Å². The lowest BCUT2D eigenvalue weighted by Crippen LogP contribution is -2.26. The molecule has 0 bridgehead atoms. The number of aromatic nitrogens is 2. The SMILES string of the molecule is Cc1c(C(=O)OCc2ccccc2)sc2ncn(CC(=O)OCCOc3ccccc3)c(=O)c12. The standard InChI is InChI=1S/C25H22N2O6S/c1-17-21-23(34-22(17)25(30)33-15-18-8-4-2-5-9-18)26-16-27(24(21)29)14-20(28)32-13-12-31-19-10-6-3-7-11-19/h2-11,16H,12-15H2,1H3. The van der Waals surface area contributed by atoms with Crippen LogP contribution in [0, 0.1) is 6.92 Å². The lowest BCUT2D eigenvalue weighted by molar-refractivity contribution is -0.145. The summed E-state index contributed by atoms with van der Waals surface area (Å²) >= 11 is 1.09. The number of rotatable bonds is 9. The van der Waals surface area contributed by atoms with Gasteiger partial charge in [0.05, 0.1) is 11.7 Å². The highest BCUT2D eigenvalue weighted by molar-refractivity contribution is 7.20. The summed E-state index contributed by atoms with van der Waals surface area (Å²) in [6.07, 6.45) is 1.28. The predicted molar refractivity (Wildman–Crippen MR) is 127 cm³/mol. The Morgan fingerprint density at radius 1 is 0.971 bits per heavy atom. The molecule has 174 valence electrons. The third-order valence-corrected chi connectivity index (χ3v) is 6.15. The van der Waals surface area contributed by atoms with Crippen LogP contribution in [-0.4, -0.2) is 34.7 Å². The molecule has 2 aromatic heterocycles. The van der Waals surface area contributed by atoms with E-state index in [-0.39, 0.29) is 26.4 Å². The highest BCUT2D eigenvalue weighted by atomic mass is 32.1. The van der Waals surface area contributed by atoms with E-state index >= 15 is 0 Å². The van der Waals surface area contributed by atoms with Crippen molar-refractivity contribution < 1.29 is 23.8 Å². The summed E-state index contributed by atoms with van der Waals surface area (Å²) < 4.78 is 17.2. The van der Waals surface area contributed by atoms with Crippen molar-refractivity contribution in [3.05, 3.63) is 93.3 Å². The molecule has 4 rings (SSSR count). The fraction of sp³-hybridized carbons (Fsp3) is 0.200. The Balaban J connectivity index is 1.38. The van der Waals surface area contributed by atoms with Gasteiger partial charge >= 0.3 is 11.9 Å². The van der Waals surface area contributed by atoms with Crippen molar-refractivity contribution >= 4 is 33.5 Å². The average Bonchev–Trinajstić information content (AvgIpc) is 3.20. The number of aryl methyl sites for hydroxylation is 1. The number of hydrogen-bond acceptors (Lipinski definition) is 8. The van der Waals surface area contributed by atoms with Gasteiger partial charge in [0.25, 0.3) is 5.56 Å². The molecule has 8 nitrogen and oxygen atoms in total. The quantitative estimate of drug-likeness (QED) is 0.267. The Morgan fingerprint density at radius 3 is 2.41 bits per heavy atom. The number of carbonyl (C=O) groups is 2. The molecule has 0 amide bonds. The van der Waals surface area contributed by atoms with E-state index < -0.39 is 17.5 Å². The maximum absolute atomic E-state index is 13.0. The summed E-state index contributed by atoms with van der Waals surface area (Å²) in [7, 11) is 0. The van der Waals surface area contributed by atoms with Crippen molar-refractivity contribution in [3.8, 4) is 5.75 Å². The lowest BCUT2D eigenvalue weighted by Gasteiger charge is -2.08. The molecule has 0 fully saturated rings. The van der Waals surface area contributed by atoms with Crippen molar-refractivity contribution in [2.24, 2.45) is 0 Å². The van der Waals surface area contributed by atoms with Gasteiger partial charge in [-0.3, -0.25) is 14.2 Å². The fourth-order valence-electron chi connectivity index (χ4n) is 3.27. The van der Waals surface area contributed by atoms with E-state index in [2.05, 4.69) is 4.98 Å². The van der Waals surface area contributed by atoms with E-state index in [4.69, 9.17) is 14.2 Å². The molecule has 34 heavy (non-hydrogen) atoms. The first-order chi connectivity index (χ1) is 16.5. The summed E-state index contributed by atoms with van der Waals surface area (Å²) in [5, 5.41) is 0.291. The second-order valence-corrected chi connectivity index (χ2v) is 8.36. The number of carbonyl (C=O) groups excluding carboxylic acids is 2. The van der Waals surface area contributed by atoms with Crippen LogP contribution in [0.4, 0.5) is 0 Å². The fourth-order valence-corrected chi connectivity index (χ4v) is 4.30. The Morgan fingerprint density at radius 2 is 1.68 bits per heavy atom. The minimum absolute atomic E-state index is 0.0486. The monoisotopic (exact) mass is 478 g/mol. The molecule has 4 aromatic rings. The Kier molecular flexibility index (Phi) is 7.34. The molecule has 0 N–H and O–H groups in total. The number of nitrogens with zero attached hydrogens (tertiary/aromatic N) is 2. The first kappa shape index (κ1) is 23.2. The average molecular weight is 479 g/mol. The molecule has 2 heterocycles. The normalized spacial score (nSPS) is 10.7. The topological polar surface area (TPSA) is 96.7 Å². The Hall–Kier alpha value is -3.98. The van der Waals surface area contributed by atoms with Gasteiger partial charge in [0.15, 0.2) is 0 Å². The van der Waals surface area contributed by atoms with Gasteiger partial charge < -0.3 is 14.2 Å². The number of fused-ring (bicyclic) bond motifs is 1. The van der Waals surface area contributed by atoms with E-state index in [0.717, 1.165) is 16.9 Å². The second kappa shape index (κ2) is 10.8. The molecule has 0 radical (unpaired) electrons. The minimum Gasteiger partial charge on any atom is -0.490 e. The van der Waals surface area contributed by atoms with Crippen LogP contribution in [0.2, 0.25) is 0 Å². The second-order valence-electron chi connectivity index (χ2n) is 7.36. The highest BCUT2D eigenvalue weighted by Crippen LogP contribution is 2.27. The predicted octanol–water partition coefficient (Wildman–Crippen LogP) is 3.75. The van der Waals surface area contributed by atoms with Gasteiger partial charge in [-0.2, -0.15) is 0 Å². The van der Waals surface area contributed by atoms with Crippen LogP contribution in [0.15, 0.2) is 71.8 Å². The smallest absolute Gasteiger partial charge is 0.349 e. The first-order valence-electron chi connectivity index (χ1n) is 10.6. The molecular weight excluding hydrogens is 456 g/mol. The van der Waals surface area contributed by atoms with Crippen molar-refractivity contribution in [1.29, 1.82) is 0 Å². The molecule has 0 spiro atoms. The minimum atomic E-state index is -0.588. The van der Waals surface area contributed by atoms with Crippen LogP contribution in [0.25, 0.3) is 10.2 Å². The van der Waals surface area contributed by atoms with E-state index in [1.165, 1.54) is 10.9 Å². The van der Waals surface area contributed by atoms with Gasteiger partial charge in [0.2, 0.25) is 0 Å². The molecule has 0 saturated heterocycles. The van der Waals surface area contributed by atoms with Crippen LogP contribution in [0.3, 0.4) is 0 Å². The number of benzene rings is 2. The van der Waals surface area contributed by atoms with Crippen molar-refractivity contribution in [1.82, 2.24) is 9.55 Å². The van der Waals surface area contributed by atoms with Crippen molar-refractivity contribution in [3.63, 3.8) is 0 Å². The van der Waals surface area contributed by atoms with E-state index in [1.54, 1.807) is 19.1 Å². The van der Waals surface area contributed by atoms with Crippen LogP contribution in [0.5, 0.6) is 5.75 Å². The number of para-hydroxylation sites is 1. The molecule has 0 aliphatic carbocycles. The third-order valence-electron chi connectivity index (χ3n) is 4.97. The molecular formula is C25H22N2O6S. The van der Waals surface area contributed by atoms with Gasteiger partial charge in [-0.15, -0.1) is 11.3 Å². The summed E-state index contributed by atoms with van der Waals surface area (Å²) in [6.45, 7) is 1.75. The van der Waals surface area contributed by atoms with E-state index in [1.807, 2.05) is 48.5 Å². The summed E-state index contributed by atoms with van der Waals surface area (Å²) in [5.74, 6) is -0.432.